The molecule has 0 aliphatic rings. The van der Waals surface area contributed by atoms with Gasteiger partial charge in [-0.1, -0.05) is 112 Å². The van der Waals surface area contributed by atoms with Crippen LogP contribution in [-0.4, -0.2) is 24.6 Å². The van der Waals surface area contributed by atoms with Crippen molar-refractivity contribution in [2.24, 2.45) is 11.8 Å². The van der Waals surface area contributed by atoms with Gasteiger partial charge in [-0.2, -0.15) is 0 Å². The summed E-state index contributed by atoms with van der Waals surface area (Å²) in [5.74, 6) is -0.477. The van der Waals surface area contributed by atoms with Crippen molar-refractivity contribution in [1.82, 2.24) is 0 Å². The number of esters is 2. The molecular formula is C25H48O4. The van der Waals surface area contributed by atoms with Crippen LogP contribution in [-0.2, 0) is 19.1 Å². The van der Waals surface area contributed by atoms with E-state index in [4.69, 9.17) is 9.47 Å². The zero-order chi connectivity index (χ0) is 21.9. The second-order valence-corrected chi connectivity index (χ2v) is 9.08. The molecule has 0 radical (unpaired) electrons. The van der Waals surface area contributed by atoms with Gasteiger partial charge in [0.25, 0.3) is 0 Å². The smallest absolute Gasteiger partial charge is 0.317 e. The van der Waals surface area contributed by atoms with E-state index in [9.17, 15) is 9.59 Å². The minimum atomic E-state index is -0.479. The molecule has 0 saturated heterocycles. The van der Waals surface area contributed by atoms with Crippen LogP contribution in [0.2, 0.25) is 0 Å². The maximum Gasteiger partial charge on any atom is 0.317 e. The molecule has 0 atom stereocenters. The van der Waals surface area contributed by atoms with Gasteiger partial charge in [-0.3, -0.25) is 9.59 Å². The van der Waals surface area contributed by atoms with E-state index >= 15 is 0 Å². The first-order valence-corrected chi connectivity index (χ1v) is 12.2. The molecule has 4 heteroatoms. The van der Waals surface area contributed by atoms with Crippen LogP contribution in [0.15, 0.2) is 0 Å². The second kappa shape index (κ2) is 18.9. The molecule has 0 rings (SSSR count). The Morgan fingerprint density at radius 3 is 1.45 bits per heavy atom. The van der Waals surface area contributed by atoms with Gasteiger partial charge in [0.15, 0.2) is 0 Å². The lowest BCUT2D eigenvalue weighted by atomic mass is 9.96. The summed E-state index contributed by atoms with van der Waals surface area (Å²) < 4.78 is 10.6. The Balaban J connectivity index is 3.50. The van der Waals surface area contributed by atoms with Gasteiger partial charge in [-0.05, 0) is 18.3 Å². The molecule has 0 spiro atoms. The first-order chi connectivity index (χ1) is 13.9. The lowest BCUT2D eigenvalue weighted by molar-refractivity contribution is -0.161. The van der Waals surface area contributed by atoms with Crippen LogP contribution in [0.4, 0.5) is 0 Å². The highest BCUT2D eigenvalue weighted by Gasteiger charge is 2.23. The van der Waals surface area contributed by atoms with Gasteiger partial charge in [0.05, 0.1) is 6.61 Å². The Kier molecular flexibility index (Phi) is 18.2. The average molecular weight is 413 g/mol. The fraction of sp³-hybridized carbons (Fsp3) is 0.920. The Labute approximate surface area is 180 Å². The third kappa shape index (κ3) is 17.5. The third-order valence-corrected chi connectivity index (χ3v) is 5.38. The molecule has 0 N–H and O–H groups in total. The van der Waals surface area contributed by atoms with E-state index in [0.29, 0.717) is 6.61 Å². The number of rotatable bonds is 19. The van der Waals surface area contributed by atoms with E-state index in [0.717, 1.165) is 12.8 Å². The minimum absolute atomic E-state index is 0.156. The van der Waals surface area contributed by atoms with E-state index in [1.165, 1.54) is 70.6 Å². The van der Waals surface area contributed by atoms with Crippen molar-refractivity contribution in [3.8, 4) is 0 Å². The second-order valence-electron chi connectivity index (χ2n) is 9.08. The van der Waals surface area contributed by atoms with Crippen molar-refractivity contribution in [3.05, 3.63) is 0 Å². The number of hydrogen-bond donors (Lipinski definition) is 0. The number of hydrogen-bond acceptors (Lipinski definition) is 4. The van der Waals surface area contributed by atoms with Gasteiger partial charge in [0.1, 0.15) is 12.5 Å². The van der Waals surface area contributed by atoms with E-state index in [1.54, 1.807) is 0 Å². The highest BCUT2D eigenvalue weighted by molar-refractivity contribution is 5.91. The lowest BCUT2D eigenvalue weighted by Gasteiger charge is -2.24. The SMILES string of the molecule is CCCCCCCCCCCCCCCOC(=O)CC(=O)OC(C(C)C)C(C)C. The van der Waals surface area contributed by atoms with E-state index in [1.807, 2.05) is 27.7 Å². The first kappa shape index (κ1) is 27.9. The molecule has 0 aliphatic carbocycles. The maximum absolute atomic E-state index is 11.9. The fourth-order valence-electron chi connectivity index (χ4n) is 3.71. The van der Waals surface area contributed by atoms with Crippen LogP contribution in [0.1, 0.15) is 125 Å². The van der Waals surface area contributed by atoms with Crippen LogP contribution in [0.25, 0.3) is 0 Å². The molecule has 0 aliphatic heterocycles. The quantitative estimate of drug-likeness (QED) is 0.127. The number of unbranched alkanes of at least 4 members (excludes halogenated alkanes) is 12. The highest BCUT2D eigenvalue weighted by atomic mass is 16.6. The van der Waals surface area contributed by atoms with Gasteiger partial charge < -0.3 is 9.47 Å². The highest BCUT2D eigenvalue weighted by Crippen LogP contribution is 2.17. The summed E-state index contributed by atoms with van der Waals surface area (Å²) in [6.45, 7) is 10.7. The van der Waals surface area contributed by atoms with Crippen molar-refractivity contribution in [3.63, 3.8) is 0 Å². The largest absolute Gasteiger partial charge is 0.465 e. The molecule has 29 heavy (non-hydrogen) atoms. The van der Waals surface area contributed by atoms with Crippen molar-refractivity contribution in [2.45, 2.75) is 131 Å². The summed E-state index contributed by atoms with van der Waals surface area (Å²) in [7, 11) is 0. The molecule has 0 unspecified atom stereocenters. The summed E-state index contributed by atoms with van der Waals surface area (Å²) in [6.07, 6.45) is 16.3. The number of carbonyl (C=O) groups excluding carboxylic acids is 2. The van der Waals surface area contributed by atoms with E-state index in [-0.39, 0.29) is 24.4 Å². The Hall–Kier alpha value is -1.06. The molecule has 0 aromatic carbocycles. The zero-order valence-electron chi connectivity index (χ0n) is 20.0. The lowest BCUT2D eigenvalue weighted by Crippen LogP contribution is -2.29. The number of ether oxygens (including phenoxy) is 2. The fourth-order valence-corrected chi connectivity index (χ4v) is 3.71. The third-order valence-electron chi connectivity index (χ3n) is 5.38. The minimum Gasteiger partial charge on any atom is -0.465 e. The molecule has 0 saturated carbocycles. The molecule has 0 heterocycles. The Bertz CT molecular complexity index is 396. The molecule has 0 aromatic heterocycles. The standard InChI is InChI=1S/C25H48O4/c1-6-7-8-9-10-11-12-13-14-15-16-17-18-19-28-23(26)20-24(27)29-25(21(2)3)22(4)5/h21-22,25H,6-20H2,1-5H3. The van der Waals surface area contributed by atoms with Gasteiger partial charge in [0.2, 0.25) is 0 Å². The van der Waals surface area contributed by atoms with Crippen LogP contribution in [0, 0.1) is 11.8 Å². The van der Waals surface area contributed by atoms with E-state index in [2.05, 4.69) is 6.92 Å². The summed E-state index contributed by atoms with van der Waals surface area (Å²) in [4.78, 5) is 23.7. The maximum atomic E-state index is 11.9. The normalized spacial score (nSPS) is 11.4. The molecule has 4 nitrogen and oxygen atoms in total. The van der Waals surface area contributed by atoms with Crippen molar-refractivity contribution in [2.75, 3.05) is 6.61 Å². The summed E-state index contributed by atoms with van der Waals surface area (Å²) in [5, 5.41) is 0. The molecule has 0 amide bonds. The monoisotopic (exact) mass is 412 g/mol. The van der Waals surface area contributed by atoms with Crippen molar-refractivity contribution in [1.29, 1.82) is 0 Å². The first-order valence-electron chi connectivity index (χ1n) is 12.2. The van der Waals surface area contributed by atoms with Crippen LogP contribution < -0.4 is 0 Å². The van der Waals surface area contributed by atoms with Crippen molar-refractivity contribution < 1.29 is 19.1 Å². The van der Waals surface area contributed by atoms with Crippen LogP contribution in [0.5, 0.6) is 0 Å². The topological polar surface area (TPSA) is 52.6 Å². The molecule has 0 aromatic rings. The predicted molar refractivity (Wildman–Crippen MR) is 121 cm³/mol. The average Bonchev–Trinajstić information content (AvgIpc) is 2.65. The summed E-state index contributed by atoms with van der Waals surface area (Å²) >= 11 is 0. The number of carbonyl (C=O) groups is 2. The van der Waals surface area contributed by atoms with Gasteiger partial charge in [-0.15, -0.1) is 0 Å². The molecule has 0 fully saturated rings. The predicted octanol–water partition coefficient (Wildman–Crippen LogP) is 7.23. The van der Waals surface area contributed by atoms with E-state index < -0.39 is 11.9 Å². The molecule has 0 bridgehead atoms. The van der Waals surface area contributed by atoms with Crippen molar-refractivity contribution >= 4 is 11.9 Å². The molecule has 172 valence electrons. The summed E-state index contributed by atoms with van der Waals surface area (Å²) in [6, 6.07) is 0. The van der Waals surface area contributed by atoms with Crippen LogP contribution in [0.3, 0.4) is 0 Å². The van der Waals surface area contributed by atoms with Gasteiger partial charge >= 0.3 is 11.9 Å². The summed E-state index contributed by atoms with van der Waals surface area (Å²) in [5.41, 5.74) is 0. The van der Waals surface area contributed by atoms with Crippen LogP contribution >= 0.6 is 0 Å². The Morgan fingerprint density at radius 2 is 1.03 bits per heavy atom. The molecular weight excluding hydrogens is 364 g/mol. The Morgan fingerprint density at radius 1 is 0.621 bits per heavy atom. The zero-order valence-corrected chi connectivity index (χ0v) is 20.0. The van der Waals surface area contributed by atoms with Gasteiger partial charge in [0, 0.05) is 0 Å². The van der Waals surface area contributed by atoms with Gasteiger partial charge in [-0.25, -0.2) is 0 Å².